The Morgan fingerprint density at radius 3 is 2.22 bits per heavy atom. The minimum atomic E-state index is -1.29. The first-order valence-corrected chi connectivity index (χ1v) is 8.24. The second-order valence-electron chi connectivity index (χ2n) is 6.28. The molecule has 0 bridgehead atoms. The lowest BCUT2D eigenvalue weighted by Crippen LogP contribution is -2.42. The summed E-state index contributed by atoms with van der Waals surface area (Å²) < 4.78 is 10.0. The third-order valence-electron chi connectivity index (χ3n) is 3.66. The van der Waals surface area contributed by atoms with Gasteiger partial charge in [0, 0.05) is 37.0 Å². The second-order valence-corrected chi connectivity index (χ2v) is 6.28. The lowest BCUT2D eigenvalue weighted by Gasteiger charge is -2.29. The van der Waals surface area contributed by atoms with E-state index in [1.54, 1.807) is 36.4 Å². The van der Waals surface area contributed by atoms with Gasteiger partial charge in [-0.1, -0.05) is 24.3 Å². The molecule has 0 unspecified atom stereocenters. The normalized spacial score (nSPS) is 15.4. The number of benzene rings is 2. The molecule has 3 rings (SSSR count). The number of esters is 2. The van der Waals surface area contributed by atoms with Gasteiger partial charge >= 0.3 is 11.9 Å². The number of cyclic esters (lactones) is 2. The van der Waals surface area contributed by atoms with E-state index in [-0.39, 0.29) is 11.5 Å². The van der Waals surface area contributed by atoms with Crippen molar-refractivity contribution >= 4 is 29.2 Å². The lowest BCUT2D eigenvalue weighted by molar-refractivity contribution is -0.222. The topological polar surface area (TPSA) is 93.7 Å². The van der Waals surface area contributed by atoms with Crippen LogP contribution in [0.1, 0.15) is 24.2 Å². The van der Waals surface area contributed by atoms with E-state index in [1.807, 2.05) is 18.2 Å². The minimum absolute atomic E-state index is 0.256. The molecule has 0 radical (unpaired) electrons. The number of anilines is 2. The van der Waals surface area contributed by atoms with Crippen LogP contribution in [0.3, 0.4) is 0 Å². The molecule has 1 saturated heterocycles. The summed E-state index contributed by atoms with van der Waals surface area (Å²) in [6.45, 7) is 2.95. The average molecular weight is 366 g/mol. The second kappa shape index (κ2) is 7.33. The zero-order valence-corrected chi connectivity index (χ0v) is 14.8. The maximum atomic E-state index is 12.3. The molecule has 0 atom stereocenters. The molecule has 7 nitrogen and oxygen atoms in total. The quantitative estimate of drug-likeness (QED) is 0.491. The fraction of sp³-hybridized carbons (Fsp3) is 0.150. The van der Waals surface area contributed by atoms with Gasteiger partial charge in [-0.25, -0.2) is 9.59 Å². The van der Waals surface area contributed by atoms with Crippen molar-refractivity contribution in [3.8, 4) is 0 Å². The summed E-state index contributed by atoms with van der Waals surface area (Å²) in [7, 11) is 0. The maximum absolute atomic E-state index is 12.3. The Labute approximate surface area is 156 Å². The minimum Gasteiger partial charge on any atom is -0.419 e. The van der Waals surface area contributed by atoms with Gasteiger partial charge in [0.05, 0.1) is 0 Å². The van der Waals surface area contributed by atoms with Crippen LogP contribution in [0, 0.1) is 0 Å². The summed E-state index contributed by atoms with van der Waals surface area (Å²) in [5.41, 5.74) is 1.36. The van der Waals surface area contributed by atoms with Gasteiger partial charge in [-0.15, -0.1) is 0 Å². The van der Waals surface area contributed by atoms with E-state index >= 15 is 0 Å². The van der Waals surface area contributed by atoms with Crippen LogP contribution in [-0.2, 0) is 19.1 Å². The molecule has 1 aliphatic rings. The molecule has 0 aliphatic carbocycles. The molecular weight excluding hydrogens is 348 g/mol. The molecule has 138 valence electrons. The van der Waals surface area contributed by atoms with E-state index < -0.39 is 17.7 Å². The first-order valence-electron chi connectivity index (χ1n) is 8.24. The van der Waals surface area contributed by atoms with Gasteiger partial charge in [0.25, 0.3) is 11.7 Å². The molecule has 1 heterocycles. The van der Waals surface area contributed by atoms with E-state index in [1.165, 1.54) is 20.0 Å². The van der Waals surface area contributed by atoms with Crippen molar-refractivity contribution in [1.29, 1.82) is 0 Å². The van der Waals surface area contributed by atoms with E-state index in [9.17, 15) is 14.4 Å². The number of rotatable bonds is 4. The van der Waals surface area contributed by atoms with Crippen molar-refractivity contribution in [3.63, 3.8) is 0 Å². The molecule has 1 fully saturated rings. The number of hydrogen-bond donors (Lipinski definition) is 2. The number of nitrogens with one attached hydrogen (secondary N) is 2. The van der Waals surface area contributed by atoms with Crippen LogP contribution in [0.25, 0.3) is 0 Å². The Bertz CT molecular complexity index is 897. The molecule has 2 N–H and O–H groups in total. The highest BCUT2D eigenvalue weighted by atomic mass is 16.7. The van der Waals surface area contributed by atoms with Crippen LogP contribution < -0.4 is 10.6 Å². The van der Waals surface area contributed by atoms with E-state index in [0.717, 1.165) is 0 Å². The van der Waals surface area contributed by atoms with Crippen molar-refractivity contribution in [2.24, 2.45) is 0 Å². The third-order valence-corrected chi connectivity index (χ3v) is 3.66. The first-order chi connectivity index (χ1) is 12.8. The Hall–Kier alpha value is -3.61. The lowest BCUT2D eigenvalue weighted by atomic mass is 10.1. The van der Waals surface area contributed by atoms with E-state index in [0.29, 0.717) is 16.9 Å². The van der Waals surface area contributed by atoms with Crippen LogP contribution in [0.15, 0.2) is 66.4 Å². The largest absolute Gasteiger partial charge is 0.419 e. The van der Waals surface area contributed by atoms with Gasteiger partial charge in [-0.3, -0.25) is 4.79 Å². The van der Waals surface area contributed by atoms with Gasteiger partial charge < -0.3 is 20.1 Å². The fourth-order valence-corrected chi connectivity index (χ4v) is 2.41. The van der Waals surface area contributed by atoms with Gasteiger partial charge in [0.15, 0.2) is 5.57 Å². The monoisotopic (exact) mass is 366 g/mol. The molecule has 27 heavy (non-hydrogen) atoms. The van der Waals surface area contributed by atoms with Crippen molar-refractivity contribution in [2.45, 2.75) is 19.6 Å². The number of hydrogen-bond acceptors (Lipinski definition) is 6. The highest BCUT2D eigenvalue weighted by Crippen LogP contribution is 2.23. The molecule has 1 amide bonds. The summed E-state index contributed by atoms with van der Waals surface area (Å²) in [5, 5.41) is 5.60. The zero-order chi connectivity index (χ0) is 19.4. The fourth-order valence-electron chi connectivity index (χ4n) is 2.41. The highest BCUT2D eigenvalue weighted by molar-refractivity contribution is 6.15. The van der Waals surface area contributed by atoms with Gasteiger partial charge in [-0.2, -0.15) is 0 Å². The molecule has 2 aromatic carbocycles. The Morgan fingerprint density at radius 2 is 1.56 bits per heavy atom. The molecule has 0 aromatic heterocycles. The number of carbonyl (C=O) groups excluding carboxylic acids is 3. The molecular formula is C20H18N2O5. The summed E-state index contributed by atoms with van der Waals surface area (Å²) in [6, 6.07) is 15.7. The van der Waals surface area contributed by atoms with Gasteiger partial charge in [0.1, 0.15) is 0 Å². The van der Waals surface area contributed by atoms with Crippen LogP contribution in [0.5, 0.6) is 0 Å². The molecule has 2 aromatic rings. The molecule has 1 aliphatic heterocycles. The van der Waals surface area contributed by atoms with Crippen LogP contribution >= 0.6 is 0 Å². The molecule has 0 spiro atoms. The maximum Gasteiger partial charge on any atom is 0.350 e. The number of amides is 1. The number of para-hydroxylation sites is 1. The standard InChI is InChI=1S/C20H18N2O5/c1-20(2)26-18(24)16(19(25)27-20)12-21-15-10-6-7-13(11-15)17(23)22-14-8-4-3-5-9-14/h3-12,21H,1-2H3,(H,22,23). The summed E-state index contributed by atoms with van der Waals surface area (Å²) in [5.74, 6) is -3.12. The number of ether oxygens (including phenoxy) is 2. The summed E-state index contributed by atoms with van der Waals surface area (Å²) in [6.07, 6.45) is 1.20. The van der Waals surface area contributed by atoms with E-state index in [4.69, 9.17) is 9.47 Å². The predicted octanol–water partition coefficient (Wildman–Crippen LogP) is 3.07. The van der Waals surface area contributed by atoms with Crippen LogP contribution in [0.4, 0.5) is 11.4 Å². The smallest absolute Gasteiger partial charge is 0.350 e. The van der Waals surface area contributed by atoms with Crippen molar-refractivity contribution in [1.82, 2.24) is 0 Å². The summed E-state index contributed by atoms with van der Waals surface area (Å²) in [4.78, 5) is 36.2. The van der Waals surface area contributed by atoms with Gasteiger partial charge in [0.2, 0.25) is 0 Å². The Balaban J connectivity index is 1.72. The third kappa shape index (κ3) is 4.52. The predicted molar refractivity (Wildman–Crippen MR) is 98.8 cm³/mol. The van der Waals surface area contributed by atoms with Gasteiger partial charge in [-0.05, 0) is 30.3 Å². The van der Waals surface area contributed by atoms with Crippen LogP contribution in [0.2, 0.25) is 0 Å². The molecule has 7 heteroatoms. The number of carbonyl (C=O) groups is 3. The molecule has 0 saturated carbocycles. The zero-order valence-electron chi connectivity index (χ0n) is 14.8. The average Bonchev–Trinajstić information content (AvgIpc) is 2.61. The van der Waals surface area contributed by atoms with Crippen molar-refractivity contribution in [2.75, 3.05) is 10.6 Å². The van der Waals surface area contributed by atoms with Crippen LogP contribution in [-0.4, -0.2) is 23.6 Å². The van der Waals surface area contributed by atoms with Crippen molar-refractivity contribution < 1.29 is 23.9 Å². The SMILES string of the molecule is CC1(C)OC(=O)C(=CNc2cccc(C(=O)Nc3ccccc3)c2)C(=O)O1. The van der Waals surface area contributed by atoms with E-state index in [2.05, 4.69) is 10.6 Å². The highest BCUT2D eigenvalue weighted by Gasteiger charge is 2.38. The Morgan fingerprint density at radius 1 is 0.926 bits per heavy atom. The Kier molecular flexibility index (Phi) is 4.94. The summed E-state index contributed by atoms with van der Waals surface area (Å²) >= 11 is 0. The first kappa shape index (κ1) is 18.2. The van der Waals surface area contributed by atoms with Crippen molar-refractivity contribution in [3.05, 3.63) is 71.9 Å².